The van der Waals surface area contributed by atoms with E-state index in [1.165, 1.54) is 4.88 Å². The van der Waals surface area contributed by atoms with Crippen molar-refractivity contribution in [2.75, 3.05) is 30.0 Å². The predicted molar refractivity (Wildman–Crippen MR) is 90.6 cm³/mol. The molecule has 108 valence electrons. The van der Waals surface area contributed by atoms with Gasteiger partial charge < -0.3 is 16.0 Å². The molecule has 0 radical (unpaired) electrons. The Morgan fingerprint density at radius 2 is 1.86 bits per heavy atom. The van der Waals surface area contributed by atoms with E-state index in [0.717, 1.165) is 27.4 Å². The monoisotopic (exact) mass is 299 g/mol. The SMILES string of the molecule is Cc1cc2c(Nc3ccc(N(C)C)cc3)nc(N)nc2s1. The smallest absolute Gasteiger partial charge is 0.223 e. The number of nitrogens with two attached hydrogens (primary N) is 1. The molecule has 0 saturated heterocycles. The van der Waals surface area contributed by atoms with Gasteiger partial charge in [-0.1, -0.05) is 0 Å². The molecule has 5 nitrogen and oxygen atoms in total. The topological polar surface area (TPSA) is 67.1 Å². The van der Waals surface area contributed by atoms with Gasteiger partial charge in [0.2, 0.25) is 5.95 Å². The van der Waals surface area contributed by atoms with E-state index in [4.69, 9.17) is 5.73 Å². The van der Waals surface area contributed by atoms with Gasteiger partial charge in [0.1, 0.15) is 10.6 Å². The minimum absolute atomic E-state index is 0.289. The van der Waals surface area contributed by atoms with Crippen LogP contribution in [0.5, 0.6) is 0 Å². The molecule has 0 amide bonds. The number of anilines is 4. The molecule has 0 bridgehead atoms. The van der Waals surface area contributed by atoms with E-state index in [1.807, 2.05) is 26.2 Å². The predicted octanol–water partition coefficient (Wildman–Crippen LogP) is 3.39. The molecule has 0 spiro atoms. The lowest BCUT2D eigenvalue weighted by molar-refractivity contribution is 1.13. The van der Waals surface area contributed by atoms with E-state index in [9.17, 15) is 0 Å². The van der Waals surface area contributed by atoms with Crippen LogP contribution < -0.4 is 16.0 Å². The highest BCUT2D eigenvalue weighted by Crippen LogP contribution is 2.31. The molecular formula is C15H17N5S. The molecule has 0 aliphatic heterocycles. The Labute approximate surface area is 127 Å². The fourth-order valence-electron chi connectivity index (χ4n) is 2.13. The summed E-state index contributed by atoms with van der Waals surface area (Å²) >= 11 is 1.62. The molecule has 0 aliphatic carbocycles. The van der Waals surface area contributed by atoms with Crippen LogP contribution in [0.15, 0.2) is 30.3 Å². The third kappa shape index (κ3) is 2.75. The number of thiophene rings is 1. The maximum absolute atomic E-state index is 5.79. The zero-order valence-corrected chi connectivity index (χ0v) is 13.0. The molecule has 0 saturated carbocycles. The summed E-state index contributed by atoms with van der Waals surface area (Å²) in [6, 6.07) is 10.2. The fraction of sp³-hybridized carbons (Fsp3) is 0.200. The lowest BCUT2D eigenvalue weighted by atomic mass is 10.2. The van der Waals surface area contributed by atoms with E-state index in [1.54, 1.807) is 11.3 Å². The van der Waals surface area contributed by atoms with Crippen molar-refractivity contribution < 1.29 is 0 Å². The van der Waals surface area contributed by atoms with E-state index in [-0.39, 0.29) is 5.95 Å². The van der Waals surface area contributed by atoms with Gasteiger partial charge in [-0.05, 0) is 37.3 Å². The molecule has 2 heterocycles. The number of aromatic nitrogens is 2. The first-order valence-corrected chi connectivity index (χ1v) is 7.42. The van der Waals surface area contributed by atoms with Crippen LogP contribution in [0.4, 0.5) is 23.1 Å². The van der Waals surface area contributed by atoms with Gasteiger partial charge in [-0.3, -0.25) is 0 Å². The van der Waals surface area contributed by atoms with Crippen molar-refractivity contribution in [1.82, 2.24) is 9.97 Å². The second-order valence-corrected chi connectivity index (χ2v) is 6.31. The number of nitrogens with one attached hydrogen (secondary N) is 1. The van der Waals surface area contributed by atoms with Crippen LogP contribution >= 0.6 is 11.3 Å². The Kier molecular flexibility index (Phi) is 3.39. The summed E-state index contributed by atoms with van der Waals surface area (Å²) in [6.07, 6.45) is 0. The molecule has 3 rings (SSSR count). The Morgan fingerprint density at radius 1 is 1.14 bits per heavy atom. The summed E-state index contributed by atoms with van der Waals surface area (Å²) in [5.41, 5.74) is 7.92. The van der Waals surface area contributed by atoms with Crippen molar-refractivity contribution in [3.8, 4) is 0 Å². The van der Waals surface area contributed by atoms with Gasteiger partial charge in [-0.15, -0.1) is 11.3 Å². The molecule has 21 heavy (non-hydrogen) atoms. The van der Waals surface area contributed by atoms with Gasteiger partial charge in [0.25, 0.3) is 0 Å². The molecule has 3 N–H and O–H groups in total. The van der Waals surface area contributed by atoms with Crippen LogP contribution in [0.2, 0.25) is 0 Å². The van der Waals surface area contributed by atoms with Gasteiger partial charge in [-0.25, -0.2) is 4.98 Å². The fourth-order valence-corrected chi connectivity index (χ4v) is 3.02. The molecule has 0 unspecified atom stereocenters. The summed E-state index contributed by atoms with van der Waals surface area (Å²) in [5.74, 6) is 1.04. The second kappa shape index (κ2) is 5.21. The summed E-state index contributed by atoms with van der Waals surface area (Å²) in [5, 5.41) is 4.33. The quantitative estimate of drug-likeness (QED) is 0.776. The maximum atomic E-state index is 5.79. The standard InChI is InChI=1S/C15H17N5S/c1-9-8-12-13(18-15(16)19-14(12)21-9)17-10-4-6-11(7-5-10)20(2)3/h4-8H,1-3H3,(H3,16,17,18,19). The maximum Gasteiger partial charge on any atom is 0.223 e. The van der Waals surface area contributed by atoms with Gasteiger partial charge in [-0.2, -0.15) is 4.98 Å². The minimum Gasteiger partial charge on any atom is -0.378 e. The molecule has 2 aromatic heterocycles. The Hall–Kier alpha value is -2.34. The van der Waals surface area contributed by atoms with Crippen LogP contribution in [0.1, 0.15) is 4.88 Å². The zero-order chi connectivity index (χ0) is 15.0. The van der Waals surface area contributed by atoms with E-state index in [0.29, 0.717) is 0 Å². The minimum atomic E-state index is 0.289. The van der Waals surface area contributed by atoms with Crippen molar-refractivity contribution in [3.05, 3.63) is 35.2 Å². The third-order valence-corrected chi connectivity index (χ3v) is 4.12. The average molecular weight is 299 g/mol. The summed E-state index contributed by atoms with van der Waals surface area (Å²) in [7, 11) is 4.04. The number of benzene rings is 1. The highest BCUT2D eigenvalue weighted by atomic mass is 32.1. The molecule has 6 heteroatoms. The highest BCUT2D eigenvalue weighted by molar-refractivity contribution is 7.18. The summed E-state index contributed by atoms with van der Waals surface area (Å²) in [6.45, 7) is 2.05. The number of fused-ring (bicyclic) bond motifs is 1. The third-order valence-electron chi connectivity index (χ3n) is 3.18. The highest BCUT2D eigenvalue weighted by Gasteiger charge is 2.09. The summed E-state index contributed by atoms with van der Waals surface area (Å²) < 4.78 is 0. The first-order valence-electron chi connectivity index (χ1n) is 6.61. The number of nitrogen functional groups attached to an aromatic ring is 1. The number of rotatable bonds is 3. The van der Waals surface area contributed by atoms with Crippen LogP contribution in [-0.4, -0.2) is 24.1 Å². The van der Waals surface area contributed by atoms with Crippen LogP contribution in [0.3, 0.4) is 0 Å². The second-order valence-electron chi connectivity index (χ2n) is 5.07. The van der Waals surface area contributed by atoms with Crippen LogP contribution in [-0.2, 0) is 0 Å². The van der Waals surface area contributed by atoms with Crippen molar-refractivity contribution in [2.24, 2.45) is 0 Å². The van der Waals surface area contributed by atoms with E-state index in [2.05, 4.69) is 45.3 Å². The van der Waals surface area contributed by atoms with Gasteiger partial charge in [0.15, 0.2) is 0 Å². The summed E-state index contributed by atoms with van der Waals surface area (Å²) in [4.78, 5) is 12.8. The molecule has 3 aromatic rings. The molecule has 0 atom stereocenters. The first kappa shape index (κ1) is 13.6. The zero-order valence-electron chi connectivity index (χ0n) is 12.2. The van der Waals surface area contributed by atoms with E-state index < -0.39 is 0 Å². The molecule has 1 aromatic carbocycles. The van der Waals surface area contributed by atoms with Gasteiger partial charge >= 0.3 is 0 Å². The van der Waals surface area contributed by atoms with Crippen LogP contribution in [0.25, 0.3) is 10.2 Å². The Balaban J connectivity index is 1.97. The number of nitrogens with zero attached hydrogens (tertiary/aromatic N) is 3. The van der Waals surface area contributed by atoms with Crippen LogP contribution in [0, 0.1) is 6.92 Å². The number of aryl methyl sites for hydroxylation is 1. The molecule has 0 aliphatic rings. The van der Waals surface area contributed by atoms with Crippen molar-refractivity contribution in [2.45, 2.75) is 6.92 Å². The molecule has 0 fully saturated rings. The normalized spacial score (nSPS) is 10.8. The lowest BCUT2D eigenvalue weighted by Crippen LogP contribution is -2.08. The van der Waals surface area contributed by atoms with Gasteiger partial charge in [0.05, 0.1) is 5.39 Å². The molecular weight excluding hydrogens is 282 g/mol. The Morgan fingerprint density at radius 3 is 2.52 bits per heavy atom. The van der Waals surface area contributed by atoms with Crippen molar-refractivity contribution in [3.63, 3.8) is 0 Å². The largest absolute Gasteiger partial charge is 0.378 e. The van der Waals surface area contributed by atoms with E-state index >= 15 is 0 Å². The van der Waals surface area contributed by atoms with Gasteiger partial charge in [0, 0.05) is 30.3 Å². The van der Waals surface area contributed by atoms with Crippen molar-refractivity contribution in [1.29, 1.82) is 0 Å². The number of hydrogen-bond donors (Lipinski definition) is 2. The first-order chi connectivity index (χ1) is 10.0. The lowest BCUT2D eigenvalue weighted by Gasteiger charge is -2.13. The van der Waals surface area contributed by atoms with Crippen molar-refractivity contribution >= 4 is 44.7 Å². The Bertz CT molecular complexity index is 777. The average Bonchev–Trinajstić information content (AvgIpc) is 2.79. The number of hydrogen-bond acceptors (Lipinski definition) is 6.